The largest absolute Gasteiger partial charge is 0.493 e. The van der Waals surface area contributed by atoms with Crippen molar-refractivity contribution in [2.24, 2.45) is 5.92 Å². The van der Waals surface area contributed by atoms with E-state index in [1.165, 1.54) is 19.5 Å². The minimum atomic E-state index is -0.599. The van der Waals surface area contributed by atoms with Crippen LogP contribution in [0.5, 0.6) is 11.5 Å². The number of ether oxygens (including phenoxy) is 2. The molecule has 0 spiro atoms. The summed E-state index contributed by atoms with van der Waals surface area (Å²) in [5, 5.41) is 16.1. The third kappa shape index (κ3) is 6.25. The third-order valence-corrected chi connectivity index (χ3v) is 6.70. The number of amides is 1. The van der Waals surface area contributed by atoms with Gasteiger partial charge in [-0.25, -0.2) is 14.4 Å². The highest BCUT2D eigenvalue weighted by Gasteiger charge is 2.37. The summed E-state index contributed by atoms with van der Waals surface area (Å²) in [6.07, 6.45) is 1.97. The number of methoxy groups -OCH3 is 1. The average molecular weight is 547 g/mol. The van der Waals surface area contributed by atoms with Crippen molar-refractivity contribution in [1.29, 1.82) is 0 Å². The number of halogens is 2. The monoisotopic (exact) mass is 546 g/mol. The minimum Gasteiger partial charge on any atom is -0.493 e. The van der Waals surface area contributed by atoms with Crippen LogP contribution in [0.3, 0.4) is 0 Å². The molecular formula is C27H33ClFN5O4. The molecule has 1 fully saturated rings. The van der Waals surface area contributed by atoms with Crippen LogP contribution in [0.25, 0.3) is 10.9 Å². The molecule has 11 heteroatoms. The van der Waals surface area contributed by atoms with Crippen molar-refractivity contribution in [3.05, 3.63) is 47.5 Å². The van der Waals surface area contributed by atoms with Crippen molar-refractivity contribution in [2.45, 2.75) is 44.9 Å². The second kappa shape index (κ2) is 12.1. The molecule has 38 heavy (non-hydrogen) atoms. The van der Waals surface area contributed by atoms with E-state index in [0.29, 0.717) is 53.5 Å². The van der Waals surface area contributed by atoms with Gasteiger partial charge in [-0.3, -0.25) is 9.69 Å². The smallest absolute Gasteiger partial charge is 0.237 e. The zero-order valence-electron chi connectivity index (χ0n) is 22.6. The SMILES string of the molecule is [2H]CN1C[C@@H](Oc2cc3c(Nc4cccc(Cl)c4F)ncnc3cc2OC)C[C@H]1C(=O)N[C@@H](CO)CC(C)C. The molecule has 1 saturated heterocycles. The van der Waals surface area contributed by atoms with E-state index in [2.05, 4.69) is 20.6 Å². The summed E-state index contributed by atoms with van der Waals surface area (Å²) in [5.74, 6) is 0.668. The number of likely N-dealkylation sites (tertiary alicyclic amines) is 1. The van der Waals surface area contributed by atoms with Gasteiger partial charge < -0.3 is 25.2 Å². The molecule has 0 unspecified atom stereocenters. The van der Waals surface area contributed by atoms with E-state index in [4.69, 9.17) is 22.4 Å². The Morgan fingerprint density at radius 1 is 1.34 bits per heavy atom. The summed E-state index contributed by atoms with van der Waals surface area (Å²) in [4.78, 5) is 23.4. The molecule has 1 aliphatic heterocycles. The Morgan fingerprint density at radius 3 is 2.87 bits per heavy atom. The van der Waals surface area contributed by atoms with E-state index in [0.717, 1.165) is 0 Å². The van der Waals surface area contributed by atoms with Gasteiger partial charge in [-0.05, 0) is 37.6 Å². The fourth-order valence-corrected chi connectivity index (χ4v) is 4.76. The number of carbonyl (C=O) groups is 1. The summed E-state index contributed by atoms with van der Waals surface area (Å²) in [5.41, 5.74) is 0.714. The van der Waals surface area contributed by atoms with Crippen LogP contribution in [0.4, 0.5) is 15.9 Å². The van der Waals surface area contributed by atoms with Crippen molar-refractivity contribution in [2.75, 3.05) is 32.6 Å². The van der Waals surface area contributed by atoms with E-state index in [9.17, 15) is 14.3 Å². The number of fused-ring (bicyclic) bond motifs is 1. The van der Waals surface area contributed by atoms with Crippen LogP contribution >= 0.6 is 11.6 Å². The number of aromatic nitrogens is 2. The standard InChI is InChI=1S/C27H33ClFN5O4/c1-15(2)8-16(13-35)32-27(36)22-9-17(12-34(22)3)38-24-10-18-21(11-23(24)37-4)30-14-31-26(18)33-20-7-5-6-19(28)25(20)29/h5-7,10-11,14-17,22,35H,8-9,12-13H2,1-4H3,(H,32,36)(H,30,31,33)/t16-,17+,22+/m1/s1/i3D. The van der Waals surface area contributed by atoms with Crippen molar-refractivity contribution in [1.82, 2.24) is 20.2 Å². The lowest BCUT2D eigenvalue weighted by Gasteiger charge is -2.23. The molecule has 0 radical (unpaired) electrons. The molecular weight excluding hydrogens is 513 g/mol. The second-order valence-electron chi connectivity index (χ2n) is 9.75. The molecule has 4 rings (SSSR count). The van der Waals surface area contributed by atoms with Gasteiger partial charge in [-0.1, -0.05) is 31.5 Å². The van der Waals surface area contributed by atoms with E-state index in [-0.39, 0.29) is 36.3 Å². The number of nitrogens with zero attached hydrogens (tertiary/aromatic N) is 3. The van der Waals surface area contributed by atoms with Crippen LogP contribution in [0.1, 0.15) is 28.1 Å². The van der Waals surface area contributed by atoms with Gasteiger partial charge in [0.1, 0.15) is 18.2 Å². The predicted molar refractivity (Wildman–Crippen MR) is 145 cm³/mol. The summed E-state index contributed by atoms with van der Waals surface area (Å²) in [6, 6.07) is 7.14. The quantitative estimate of drug-likeness (QED) is 0.348. The van der Waals surface area contributed by atoms with Gasteiger partial charge >= 0.3 is 0 Å². The molecule has 3 atom stereocenters. The molecule has 1 aliphatic rings. The number of carbonyl (C=O) groups excluding carboxylic acids is 1. The van der Waals surface area contributed by atoms with Gasteiger partial charge in [0.2, 0.25) is 5.91 Å². The Balaban J connectivity index is 1.57. The Bertz CT molecular complexity index is 1320. The van der Waals surface area contributed by atoms with Gasteiger partial charge in [-0.2, -0.15) is 0 Å². The first kappa shape index (κ1) is 26.4. The minimum absolute atomic E-state index is 0.0164. The van der Waals surface area contributed by atoms with Crippen LogP contribution in [-0.2, 0) is 4.79 Å². The molecule has 1 aromatic heterocycles. The molecule has 2 aromatic carbocycles. The number of anilines is 2. The van der Waals surface area contributed by atoms with Crippen molar-refractivity contribution in [3.8, 4) is 11.5 Å². The first-order valence-electron chi connectivity index (χ1n) is 13.1. The van der Waals surface area contributed by atoms with E-state index >= 15 is 0 Å². The highest BCUT2D eigenvalue weighted by Crippen LogP contribution is 2.37. The maximum atomic E-state index is 14.5. The molecule has 0 saturated carbocycles. The van der Waals surface area contributed by atoms with Gasteiger partial charge in [0.15, 0.2) is 17.3 Å². The summed E-state index contributed by atoms with van der Waals surface area (Å²) >= 11 is 5.93. The Labute approximate surface area is 227 Å². The summed E-state index contributed by atoms with van der Waals surface area (Å²) in [7, 11) is 1.44. The lowest BCUT2D eigenvalue weighted by atomic mass is 10.0. The zero-order chi connectivity index (χ0) is 28.1. The highest BCUT2D eigenvalue weighted by molar-refractivity contribution is 6.31. The molecule has 3 N–H and O–H groups in total. The zero-order valence-corrected chi connectivity index (χ0v) is 22.3. The number of benzene rings is 2. The molecule has 204 valence electrons. The van der Waals surface area contributed by atoms with Gasteiger partial charge in [0.05, 0.1) is 42.0 Å². The van der Waals surface area contributed by atoms with E-state index in [1.807, 2.05) is 13.8 Å². The second-order valence-corrected chi connectivity index (χ2v) is 10.2. The lowest BCUT2D eigenvalue weighted by molar-refractivity contribution is -0.126. The summed E-state index contributed by atoms with van der Waals surface area (Å²) < 4.78 is 34.3. The van der Waals surface area contributed by atoms with Gasteiger partial charge in [0, 0.05) is 25.8 Å². The first-order chi connectivity index (χ1) is 18.7. The normalized spacial score (nSPS) is 18.9. The third-order valence-electron chi connectivity index (χ3n) is 6.41. The van der Waals surface area contributed by atoms with E-state index < -0.39 is 18.0 Å². The first-order valence-corrected chi connectivity index (χ1v) is 12.8. The van der Waals surface area contributed by atoms with Crippen molar-refractivity contribution < 1.29 is 25.1 Å². The fourth-order valence-electron chi connectivity index (χ4n) is 4.59. The topological polar surface area (TPSA) is 109 Å². The van der Waals surface area contributed by atoms with Crippen LogP contribution in [-0.4, -0.2) is 71.4 Å². The maximum absolute atomic E-state index is 14.5. The van der Waals surface area contributed by atoms with Crippen molar-refractivity contribution in [3.63, 3.8) is 0 Å². The molecule has 2 heterocycles. The Kier molecular flexibility index (Phi) is 8.41. The number of nitrogens with one attached hydrogen (secondary N) is 2. The average Bonchev–Trinajstić information content (AvgIpc) is 3.33. The van der Waals surface area contributed by atoms with Crippen molar-refractivity contribution >= 4 is 39.9 Å². The number of rotatable bonds is 10. The van der Waals surface area contributed by atoms with Gasteiger partial charge in [0.25, 0.3) is 0 Å². The molecule has 0 bridgehead atoms. The fraction of sp³-hybridized carbons (Fsp3) is 0.444. The molecule has 1 amide bonds. The van der Waals surface area contributed by atoms with Crippen LogP contribution in [0, 0.1) is 11.7 Å². The Morgan fingerprint density at radius 2 is 2.16 bits per heavy atom. The number of likely N-dealkylation sites (N-methyl/N-ethyl adjacent to an activating group) is 1. The van der Waals surface area contributed by atoms with E-state index in [1.54, 1.807) is 29.2 Å². The lowest BCUT2D eigenvalue weighted by Crippen LogP contribution is -2.47. The van der Waals surface area contributed by atoms with Crippen LogP contribution < -0.4 is 20.1 Å². The maximum Gasteiger partial charge on any atom is 0.237 e. The number of aliphatic hydroxyl groups is 1. The molecule has 3 aromatic rings. The number of hydrogen-bond acceptors (Lipinski definition) is 8. The molecule has 0 aliphatic carbocycles. The van der Waals surface area contributed by atoms with Crippen LogP contribution in [0.2, 0.25) is 5.02 Å². The van der Waals surface area contributed by atoms with Gasteiger partial charge in [-0.15, -0.1) is 0 Å². The molecule has 9 nitrogen and oxygen atoms in total. The summed E-state index contributed by atoms with van der Waals surface area (Å²) in [6.45, 7) is 4.27. The highest BCUT2D eigenvalue weighted by atomic mass is 35.5. The predicted octanol–water partition coefficient (Wildman–Crippen LogP) is 4.15. The number of aliphatic hydroxyl groups excluding tert-OH is 1. The van der Waals surface area contributed by atoms with Crippen LogP contribution in [0.15, 0.2) is 36.7 Å². The number of hydrogen-bond donors (Lipinski definition) is 3. The Hall–Kier alpha value is -3.21.